The maximum Gasteiger partial charge on any atom is 0.238 e. The third kappa shape index (κ3) is 5.05. The van der Waals surface area contributed by atoms with Crippen LogP contribution in [0.15, 0.2) is 36.5 Å². The molecule has 0 aliphatic carbocycles. The second-order valence-corrected chi connectivity index (χ2v) is 7.22. The molecular weight excluding hydrogens is 380 g/mol. The van der Waals surface area contributed by atoms with Crippen molar-refractivity contribution in [1.29, 1.82) is 0 Å². The molecule has 0 spiro atoms. The number of hydrogen-bond acceptors (Lipinski definition) is 5. The van der Waals surface area contributed by atoms with E-state index in [1.165, 1.54) is 12.3 Å². The van der Waals surface area contributed by atoms with Crippen LogP contribution >= 0.6 is 0 Å². The van der Waals surface area contributed by atoms with E-state index in [-0.39, 0.29) is 13.0 Å². The van der Waals surface area contributed by atoms with Gasteiger partial charge in [0.25, 0.3) is 0 Å². The first-order chi connectivity index (χ1) is 13.6. The Balaban J connectivity index is 2.31. The third-order valence-electron chi connectivity index (χ3n) is 5.16. The average molecular weight is 405 g/mol. The van der Waals surface area contributed by atoms with Gasteiger partial charge in [-0.1, -0.05) is 12.1 Å². The zero-order valence-electron chi connectivity index (χ0n) is 16.6. The van der Waals surface area contributed by atoms with Gasteiger partial charge < -0.3 is 16.8 Å². The zero-order valence-corrected chi connectivity index (χ0v) is 16.6. The number of halogens is 2. The van der Waals surface area contributed by atoms with Crippen molar-refractivity contribution in [3.8, 4) is 0 Å². The number of anilines is 1. The summed E-state index contributed by atoms with van der Waals surface area (Å²) < 4.78 is 26.9. The van der Waals surface area contributed by atoms with E-state index in [2.05, 4.69) is 10.3 Å². The molecule has 0 fully saturated rings. The Hall–Kier alpha value is -3.07. The minimum Gasteiger partial charge on any atom is -0.384 e. The fourth-order valence-electron chi connectivity index (χ4n) is 3.01. The summed E-state index contributed by atoms with van der Waals surface area (Å²) in [6.45, 7) is 1.70. The van der Waals surface area contributed by atoms with Crippen LogP contribution in [0.2, 0.25) is 0 Å². The summed E-state index contributed by atoms with van der Waals surface area (Å²) in [6.07, 6.45) is 1.51. The predicted octanol–water partition coefficient (Wildman–Crippen LogP) is 1.22. The van der Waals surface area contributed by atoms with Gasteiger partial charge in [-0.05, 0) is 56.8 Å². The lowest BCUT2D eigenvalue weighted by Crippen LogP contribution is -2.61. The first-order valence-corrected chi connectivity index (χ1v) is 8.95. The maximum atomic E-state index is 13.7. The van der Waals surface area contributed by atoms with E-state index in [1.54, 1.807) is 38.1 Å². The van der Waals surface area contributed by atoms with Gasteiger partial charge in [0.15, 0.2) is 11.6 Å². The summed E-state index contributed by atoms with van der Waals surface area (Å²) in [4.78, 5) is 30.8. The molecule has 5 N–H and O–H groups in total. The summed E-state index contributed by atoms with van der Waals surface area (Å²) in [5.41, 5.74) is 10.9. The van der Waals surface area contributed by atoms with Crippen molar-refractivity contribution in [1.82, 2.24) is 15.2 Å². The minimum atomic E-state index is -1.37. The molecule has 2 atom stereocenters. The van der Waals surface area contributed by atoms with Crippen LogP contribution in [0.4, 0.5) is 14.6 Å². The summed E-state index contributed by atoms with van der Waals surface area (Å²) in [6, 6.07) is 6.69. The highest BCUT2D eigenvalue weighted by Crippen LogP contribution is 2.27. The number of rotatable bonds is 8. The number of aromatic nitrogens is 1. The highest BCUT2D eigenvalue weighted by atomic mass is 19.2. The summed E-state index contributed by atoms with van der Waals surface area (Å²) in [5, 5.41) is 2.76. The van der Waals surface area contributed by atoms with Gasteiger partial charge in [0, 0.05) is 12.7 Å². The van der Waals surface area contributed by atoms with Gasteiger partial charge in [-0.15, -0.1) is 0 Å². The summed E-state index contributed by atoms with van der Waals surface area (Å²) in [7, 11) is 3.25. The lowest BCUT2D eigenvalue weighted by Gasteiger charge is -2.39. The van der Waals surface area contributed by atoms with E-state index in [0.29, 0.717) is 16.9 Å². The lowest BCUT2D eigenvalue weighted by atomic mass is 9.79. The molecule has 0 bridgehead atoms. The van der Waals surface area contributed by atoms with Gasteiger partial charge in [-0.3, -0.25) is 14.5 Å². The highest BCUT2D eigenvalue weighted by Gasteiger charge is 2.45. The number of primary amides is 1. The molecule has 2 aromatic rings. The Morgan fingerprint density at radius 3 is 2.34 bits per heavy atom. The first kappa shape index (κ1) is 22.2. The van der Waals surface area contributed by atoms with Crippen molar-refractivity contribution in [2.75, 3.05) is 19.8 Å². The van der Waals surface area contributed by atoms with Crippen molar-refractivity contribution in [2.24, 2.45) is 11.7 Å². The standard InChI is InChI=1S/C20H25F2N5O2/c1-20(19(24)29,27(2)3)14(8-12-4-6-15(21)16(22)9-12)18(28)26-11-13-5-7-17(23)25-10-13/h4-7,9-10,14H,8,11H2,1-3H3,(H2,23,25)(H2,24,29)(H,26,28)/t14-,20?/m1/s1. The Morgan fingerprint density at radius 1 is 1.17 bits per heavy atom. The van der Waals surface area contributed by atoms with E-state index < -0.39 is 34.9 Å². The van der Waals surface area contributed by atoms with Crippen LogP contribution < -0.4 is 16.8 Å². The van der Waals surface area contributed by atoms with E-state index in [4.69, 9.17) is 11.5 Å². The van der Waals surface area contributed by atoms with E-state index >= 15 is 0 Å². The maximum absolute atomic E-state index is 13.7. The van der Waals surface area contributed by atoms with Gasteiger partial charge in [-0.25, -0.2) is 13.8 Å². The topological polar surface area (TPSA) is 114 Å². The monoisotopic (exact) mass is 405 g/mol. The number of nitrogen functional groups attached to an aromatic ring is 1. The van der Waals surface area contributed by atoms with Crippen molar-refractivity contribution < 1.29 is 18.4 Å². The molecule has 29 heavy (non-hydrogen) atoms. The number of nitrogens with zero attached hydrogens (tertiary/aromatic N) is 2. The quantitative estimate of drug-likeness (QED) is 0.611. The number of nitrogens with two attached hydrogens (primary N) is 2. The van der Waals surface area contributed by atoms with Crippen LogP contribution in [-0.4, -0.2) is 41.3 Å². The zero-order chi connectivity index (χ0) is 21.8. The molecular formula is C20H25F2N5O2. The molecule has 9 heteroatoms. The van der Waals surface area contributed by atoms with Crippen molar-refractivity contribution in [3.05, 3.63) is 59.3 Å². The second kappa shape index (κ2) is 8.95. The largest absolute Gasteiger partial charge is 0.384 e. The molecule has 1 unspecified atom stereocenters. The molecule has 0 radical (unpaired) electrons. The SMILES string of the molecule is CN(C)C(C)(C(N)=O)[C@H](Cc1ccc(F)c(F)c1)C(=O)NCc1ccc(N)nc1. The van der Waals surface area contributed by atoms with Crippen LogP contribution in [0.3, 0.4) is 0 Å². The fourth-order valence-corrected chi connectivity index (χ4v) is 3.01. The Bertz CT molecular complexity index is 889. The number of amides is 2. The Kier molecular flexibility index (Phi) is 6.86. The van der Waals surface area contributed by atoms with Gasteiger partial charge in [0.2, 0.25) is 11.8 Å². The number of likely N-dealkylation sites (N-methyl/N-ethyl adjacent to an activating group) is 1. The van der Waals surface area contributed by atoms with Gasteiger partial charge in [-0.2, -0.15) is 0 Å². The van der Waals surface area contributed by atoms with Crippen LogP contribution in [0, 0.1) is 17.6 Å². The Labute approximate surface area is 168 Å². The molecule has 0 saturated heterocycles. The molecule has 1 heterocycles. The predicted molar refractivity (Wildman–Crippen MR) is 105 cm³/mol. The molecule has 1 aromatic heterocycles. The normalized spacial score (nSPS) is 14.3. The Morgan fingerprint density at radius 2 is 1.83 bits per heavy atom. The van der Waals surface area contributed by atoms with E-state index in [0.717, 1.165) is 12.1 Å². The number of carbonyl (C=O) groups is 2. The molecule has 0 saturated carbocycles. The van der Waals surface area contributed by atoms with Gasteiger partial charge in [0.1, 0.15) is 11.4 Å². The van der Waals surface area contributed by atoms with Crippen LogP contribution in [0.1, 0.15) is 18.1 Å². The number of nitrogens with one attached hydrogen (secondary N) is 1. The molecule has 2 amide bonds. The molecule has 0 aliphatic heterocycles. The van der Waals surface area contributed by atoms with Crippen LogP contribution in [0.25, 0.3) is 0 Å². The van der Waals surface area contributed by atoms with Crippen molar-refractivity contribution >= 4 is 17.6 Å². The van der Waals surface area contributed by atoms with Crippen LogP contribution in [-0.2, 0) is 22.6 Å². The van der Waals surface area contributed by atoms with Crippen molar-refractivity contribution in [2.45, 2.75) is 25.4 Å². The number of hydrogen-bond donors (Lipinski definition) is 3. The molecule has 1 aromatic carbocycles. The van der Waals surface area contributed by atoms with E-state index in [9.17, 15) is 18.4 Å². The highest BCUT2D eigenvalue weighted by molar-refractivity contribution is 5.92. The van der Waals surface area contributed by atoms with E-state index in [1.807, 2.05) is 0 Å². The van der Waals surface area contributed by atoms with Crippen molar-refractivity contribution in [3.63, 3.8) is 0 Å². The summed E-state index contributed by atoms with van der Waals surface area (Å²) >= 11 is 0. The van der Waals surface area contributed by atoms with Crippen LogP contribution in [0.5, 0.6) is 0 Å². The molecule has 2 rings (SSSR count). The average Bonchev–Trinajstić information content (AvgIpc) is 2.67. The van der Waals surface area contributed by atoms with Gasteiger partial charge in [0.05, 0.1) is 5.92 Å². The third-order valence-corrected chi connectivity index (χ3v) is 5.16. The summed E-state index contributed by atoms with van der Waals surface area (Å²) in [5.74, 6) is -3.79. The molecule has 7 nitrogen and oxygen atoms in total. The van der Waals surface area contributed by atoms with Gasteiger partial charge >= 0.3 is 0 Å². The molecule has 156 valence electrons. The first-order valence-electron chi connectivity index (χ1n) is 8.95. The number of carbonyl (C=O) groups excluding carboxylic acids is 2. The fraction of sp³-hybridized carbons (Fsp3) is 0.350. The molecule has 0 aliphatic rings. The lowest BCUT2D eigenvalue weighted by molar-refractivity contribution is -0.140. The number of pyridine rings is 1. The number of benzene rings is 1. The smallest absolute Gasteiger partial charge is 0.238 e. The second-order valence-electron chi connectivity index (χ2n) is 7.22. The minimum absolute atomic E-state index is 0.0133.